The lowest BCUT2D eigenvalue weighted by Crippen LogP contribution is -2.59. The van der Waals surface area contributed by atoms with Gasteiger partial charge in [-0.3, -0.25) is 24.0 Å². The smallest absolute Gasteiger partial charge is 0.408 e. The molecule has 4 N–H and O–H groups in total. The highest BCUT2D eigenvalue weighted by atomic mass is 32.2. The minimum atomic E-state index is -1.18. The van der Waals surface area contributed by atoms with Gasteiger partial charge in [0.25, 0.3) is 5.91 Å². The van der Waals surface area contributed by atoms with Crippen LogP contribution in [-0.2, 0) is 28.7 Å². The summed E-state index contributed by atoms with van der Waals surface area (Å²) in [5.41, 5.74) is -0.706. The van der Waals surface area contributed by atoms with Gasteiger partial charge in [-0.05, 0) is 56.1 Å². The van der Waals surface area contributed by atoms with E-state index in [2.05, 4.69) is 26.3 Å². The predicted octanol–water partition coefficient (Wildman–Crippen LogP) is 4.43. The summed E-state index contributed by atoms with van der Waals surface area (Å²) in [6, 6.07) is 5.60. The molecule has 2 aliphatic heterocycles. The van der Waals surface area contributed by atoms with E-state index in [4.69, 9.17) is 4.74 Å². The first-order valence-corrected chi connectivity index (χ1v) is 20.7. The molecule has 1 spiro atoms. The molecule has 1 aromatic heterocycles. The second-order valence-electron chi connectivity index (χ2n) is 15.3. The van der Waals surface area contributed by atoms with Crippen molar-refractivity contribution in [3.63, 3.8) is 0 Å². The van der Waals surface area contributed by atoms with E-state index in [1.165, 1.54) is 16.2 Å². The summed E-state index contributed by atoms with van der Waals surface area (Å²) in [6.45, 7) is 12.3. The number of thiazole rings is 1. The molecular weight excluding hydrogens is 737 g/mol. The number of carbonyl (C=O) groups excluding carboxylic acids is 6. The molecule has 2 aromatic rings. The van der Waals surface area contributed by atoms with E-state index >= 15 is 0 Å². The normalized spacial score (nSPS) is 18.7. The molecule has 0 radical (unpaired) electrons. The molecule has 4 unspecified atom stereocenters. The van der Waals surface area contributed by atoms with Crippen LogP contribution in [0.2, 0.25) is 0 Å². The Labute approximate surface area is 324 Å². The molecule has 4 atom stereocenters. The number of hydrogen-bond donors (Lipinski definition) is 4. The van der Waals surface area contributed by atoms with Gasteiger partial charge in [0.05, 0.1) is 16.7 Å². The first-order valence-electron chi connectivity index (χ1n) is 17.9. The fourth-order valence-corrected chi connectivity index (χ4v) is 10.2. The second kappa shape index (κ2) is 18.1. The lowest BCUT2D eigenvalue weighted by molar-refractivity contribution is -0.144. The standard InChI is InChI=1S/C37H52N6O7S3/c1-8-13-24(28(45)31(47)39-21-26(44)41-27(32-38-16-19-51-32)23-14-10-9-11-15-23)40-30(46)25-20-37(52-17-12-18-53-37)22-43(25)33(48)29(35(2,3)4)42-34(49)50-36(5,6)7/h9-11,14-16,19,24-25,27,29H,8,12-13,17-18,20-22H2,1-7H3,(H,39,47)(H,40,46)(H,41,44)(H,42,49). The molecule has 3 heterocycles. The summed E-state index contributed by atoms with van der Waals surface area (Å²) in [5, 5.41) is 13.3. The number of thioether (sulfide) groups is 2. The van der Waals surface area contributed by atoms with E-state index in [0.717, 1.165) is 23.5 Å². The van der Waals surface area contributed by atoms with Gasteiger partial charge in [0.1, 0.15) is 28.7 Å². The number of ether oxygens (including phenoxy) is 1. The Morgan fingerprint density at radius 2 is 1.66 bits per heavy atom. The van der Waals surface area contributed by atoms with Crippen molar-refractivity contribution in [1.82, 2.24) is 31.2 Å². The van der Waals surface area contributed by atoms with E-state index in [-0.39, 0.29) is 13.0 Å². The molecule has 0 saturated carbocycles. The molecule has 1 aromatic carbocycles. The first-order chi connectivity index (χ1) is 24.9. The molecule has 13 nitrogen and oxygen atoms in total. The van der Waals surface area contributed by atoms with Gasteiger partial charge in [-0.25, -0.2) is 9.78 Å². The molecule has 0 bridgehead atoms. The molecule has 5 amide bonds. The van der Waals surface area contributed by atoms with Gasteiger partial charge in [0, 0.05) is 24.5 Å². The summed E-state index contributed by atoms with van der Waals surface area (Å²) in [7, 11) is 0. The average molecular weight is 789 g/mol. The number of carbonyl (C=O) groups is 6. The SMILES string of the molecule is CCCC(NC(=O)C1CC2(CN1C(=O)C(NC(=O)OC(C)(C)C)C(C)(C)C)SCCCS2)C(=O)C(=O)NCC(=O)NC(c1ccccc1)c1nccs1. The number of aromatic nitrogens is 1. The molecular formula is C37H52N6O7S3. The summed E-state index contributed by atoms with van der Waals surface area (Å²) in [5.74, 6) is -1.65. The minimum Gasteiger partial charge on any atom is -0.444 e. The van der Waals surface area contributed by atoms with E-state index in [9.17, 15) is 28.8 Å². The number of nitrogens with one attached hydrogen (secondary N) is 4. The number of amides is 5. The number of benzene rings is 1. The highest BCUT2D eigenvalue weighted by molar-refractivity contribution is 8.18. The van der Waals surface area contributed by atoms with E-state index in [1.807, 2.05) is 58.0 Å². The molecule has 2 saturated heterocycles. The Balaban J connectivity index is 1.47. The summed E-state index contributed by atoms with van der Waals surface area (Å²) in [6.07, 6.45) is 2.89. The van der Waals surface area contributed by atoms with Crippen LogP contribution in [0, 0.1) is 5.41 Å². The van der Waals surface area contributed by atoms with Crippen LogP contribution in [0.3, 0.4) is 0 Å². The number of likely N-dealkylation sites (tertiary alicyclic amines) is 1. The maximum atomic E-state index is 14.4. The fourth-order valence-electron chi connectivity index (χ4n) is 6.12. The monoisotopic (exact) mass is 788 g/mol. The van der Waals surface area contributed by atoms with E-state index in [1.54, 1.807) is 55.9 Å². The molecule has 53 heavy (non-hydrogen) atoms. The highest BCUT2D eigenvalue weighted by Gasteiger charge is 2.53. The average Bonchev–Trinajstić information content (AvgIpc) is 3.76. The number of nitrogens with zero attached hydrogens (tertiary/aromatic N) is 2. The Morgan fingerprint density at radius 1 is 0.981 bits per heavy atom. The van der Waals surface area contributed by atoms with Crippen molar-refractivity contribution in [3.05, 3.63) is 52.5 Å². The second-order valence-corrected chi connectivity index (χ2v) is 19.4. The number of hydrogen-bond acceptors (Lipinski definition) is 11. The Hall–Kier alpha value is -3.63. The zero-order valence-electron chi connectivity index (χ0n) is 31.5. The van der Waals surface area contributed by atoms with Crippen molar-refractivity contribution in [3.8, 4) is 0 Å². The maximum absolute atomic E-state index is 14.4. The van der Waals surface area contributed by atoms with Crippen molar-refractivity contribution < 1.29 is 33.5 Å². The third-order valence-corrected chi connectivity index (χ3v) is 12.8. The van der Waals surface area contributed by atoms with E-state index < -0.39 is 81.3 Å². The summed E-state index contributed by atoms with van der Waals surface area (Å²) < 4.78 is 5.03. The predicted molar refractivity (Wildman–Crippen MR) is 208 cm³/mol. The van der Waals surface area contributed by atoms with Gasteiger partial charge < -0.3 is 30.9 Å². The Bertz CT molecular complexity index is 1600. The molecule has 290 valence electrons. The number of Topliss-reactive ketones (excluding diaryl/α,β-unsaturated/α-hetero) is 1. The number of alkyl carbamates (subject to hydrolysis) is 1. The lowest BCUT2D eigenvalue weighted by Gasteiger charge is -2.36. The van der Waals surface area contributed by atoms with Crippen LogP contribution in [-0.4, -0.2) is 97.8 Å². The van der Waals surface area contributed by atoms with Crippen molar-refractivity contribution in [1.29, 1.82) is 0 Å². The number of rotatable bonds is 13. The molecule has 0 aliphatic carbocycles. The van der Waals surface area contributed by atoms with Crippen molar-refractivity contribution in [2.45, 2.75) is 108 Å². The van der Waals surface area contributed by atoms with Crippen molar-refractivity contribution >= 4 is 70.4 Å². The lowest BCUT2D eigenvalue weighted by atomic mass is 9.85. The molecule has 4 rings (SSSR count). The first kappa shape index (κ1) is 42.1. The van der Waals surface area contributed by atoms with Gasteiger partial charge in [-0.15, -0.1) is 34.9 Å². The zero-order valence-corrected chi connectivity index (χ0v) is 33.9. The highest BCUT2D eigenvalue weighted by Crippen LogP contribution is 2.50. The molecule has 2 fully saturated rings. The maximum Gasteiger partial charge on any atom is 0.408 e. The van der Waals surface area contributed by atoms with Crippen LogP contribution in [0.5, 0.6) is 0 Å². The van der Waals surface area contributed by atoms with Crippen LogP contribution < -0.4 is 21.3 Å². The van der Waals surface area contributed by atoms with Gasteiger partial charge in [0.15, 0.2) is 0 Å². The Morgan fingerprint density at radius 3 is 2.25 bits per heavy atom. The van der Waals surface area contributed by atoms with Crippen molar-refractivity contribution in [2.75, 3.05) is 24.6 Å². The molecule has 16 heteroatoms. The summed E-state index contributed by atoms with van der Waals surface area (Å²) >= 11 is 4.80. The van der Waals surface area contributed by atoms with Crippen LogP contribution >= 0.6 is 34.9 Å². The third kappa shape index (κ3) is 11.7. The third-order valence-electron chi connectivity index (χ3n) is 8.65. The van der Waals surface area contributed by atoms with Gasteiger partial charge in [-0.2, -0.15) is 0 Å². The van der Waals surface area contributed by atoms with Crippen LogP contribution in [0.4, 0.5) is 4.79 Å². The largest absolute Gasteiger partial charge is 0.444 e. The van der Waals surface area contributed by atoms with E-state index in [0.29, 0.717) is 17.8 Å². The fraction of sp³-hybridized carbons (Fsp3) is 0.595. The topological polar surface area (TPSA) is 176 Å². The van der Waals surface area contributed by atoms with Crippen LogP contribution in [0.15, 0.2) is 41.9 Å². The summed E-state index contributed by atoms with van der Waals surface area (Å²) in [4.78, 5) is 86.8. The van der Waals surface area contributed by atoms with Gasteiger partial charge >= 0.3 is 6.09 Å². The number of ketones is 1. The van der Waals surface area contributed by atoms with Crippen LogP contribution in [0.1, 0.15) is 90.8 Å². The Kier molecular flexibility index (Phi) is 14.4. The minimum absolute atomic E-state index is 0.171. The van der Waals surface area contributed by atoms with Crippen molar-refractivity contribution in [2.24, 2.45) is 5.41 Å². The van der Waals surface area contributed by atoms with Crippen LogP contribution in [0.25, 0.3) is 0 Å². The van der Waals surface area contributed by atoms with Gasteiger partial charge in [0.2, 0.25) is 23.5 Å². The quantitative estimate of drug-likeness (QED) is 0.213. The molecule has 2 aliphatic rings. The zero-order chi connectivity index (χ0) is 39.0. The van der Waals surface area contributed by atoms with Gasteiger partial charge in [-0.1, -0.05) is 64.4 Å².